The van der Waals surface area contributed by atoms with Gasteiger partial charge in [-0.2, -0.15) is 0 Å². The van der Waals surface area contributed by atoms with Gasteiger partial charge in [0.05, 0.1) is 0 Å². The number of benzene rings is 1. The van der Waals surface area contributed by atoms with E-state index in [-0.39, 0.29) is 1.43 Å². The van der Waals surface area contributed by atoms with Crippen molar-refractivity contribution < 1.29 is 1.43 Å². The molecule has 62 valence electrons. The third kappa shape index (κ3) is 3.46. The zero-order valence-corrected chi connectivity index (χ0v) is 7.17. The summed E-state index contributed by atoms with van der Waals surface area (Å²) in [4.78, 5) is 0. The Labute approximate surface area is 70.0 Å². The summed E-state index contributed by atoms with van der Waals surface area (Å²) in [6, 6.07) is 9.69. The summed E-state index contributed by atoms with van der Waals surface area (Å²) < 4.78 is 0. The Morgan fingerprint density at radius 1 is 1.27 bits per heavy atom. The van der Waals surface area contributed by atoms with Gasteiger partial charge in [-0.1, -0.05) is 50.8 Å². The van der Waals surface area contributed by atoms with Gasteiger partial charge in [-0.15, -0.1) is 0 Å². The maximum absolute atomic E-state index is 5.42. The minimum atomic E-state index is 0. The molecule has 0 aromatic heterocycles. The molecule has 0 fully saturated rings. The Hall–Kier alpha value is -1.24. The predicted molar refractivity (Wildman–Crippen MR) is 53.1 cm³/mol. The van der Waals surface area contributed by atoms with Crippen molar-refractivity contribution in [2.75, 3.05) is 0 Å². The van der Waals surface area contributed by atoms with Crippen LogP contribution in [0.3, 0.4) is 0 Å². The minimum absolute atomic E-state index is 0. The molecule has 1 aromatic rings. The van der Waals surface area contributed by atoms with Gasteiger partial charge in [0.2, 0.25) is 0 Å². The molecule has 0 bridgehead atoms. The van der Waals surface area contributed by atoms with E-state index >= 15 is 0 Å². The standard InChI is InChI=1S/C8H9N.C2H6.H2/c1-7(9)8-5-3-2-4-6-8;1-2;/h2-6H,1,9H2;1-2H3;1H. The smallest absolute Gasteiger partial charge is 0.0314 e. The van der Waals surface area contributed by atoms with Crippen LogP contribution in [0.1, 0.15) is 20.8 Å². The Bertz CT molecular complexity index is 206. The van der Waals surface area contributed by atoms with Gasteiger partial charge in [0, 0.05) is 7.12 Å². The van der Waals surface area contributed by atoms with Gasteiger partial charge in [0.15, 0.2) is 0 Å². The summed E-state index contributed by atoms with van der Waals surface area (Å²) in [6.07, 6.45) is 0. The first-order valence-electron chi connectivity index (χ1n) is 3.80. The molecule has 0 saturated carbocycles. The molecule has 0 saturated heterocycles. The van der Waals surface area contributed by atoms with Crippen LogP contribution in [0.15, 0.2) is 36.9 Å². The van der Waals surface area contributed by atoms with Crippen LogP contribution in [0.2, 0.25) is 0 Å². The highest BCUT2D eigenvalue weighted by atomic mass is 14.6. The maximum atomic E-state index is 5.42. The van der Waals surface area contributed by atoms with Crippen molar-refractivity contribution in [3.05, 3.63) is 42.5 Å². The molecule has 1 nitrogen and oxygen atoms in total. The average molecular weight is 151 g/mol. The Morgan fingerprint density at radius 2 is 1.73 bits per heavy atom. The molecule has 0 spiro atoms. The second kappa shape index (κ2) is 5.54. The first-order chi connectivity index (χ1) is 5.30. The topological polar surface area (TPSA) is 26.0 Å². The number of nitrogens with two attached hydrogens (primary N) is 1. The van der Waals surface area contributed by atoms with Crippen molar-refractivity contribution in [2.45, 2.75) is 13.8 Å². The molecule has 11 heavy (non-hydrogen) atoms. The summed E-state index contributed by atoms with van der Waals surface area (Å²) in [5, 5.41) is 0. The molecule has 1 rings (SSSR count). The largest absolute Gasteiger partial charge is 0.399 e. The summed E-state index contributed by atoms with van der Waals surface area (Å²) in [5.41, 5.74) is 7.04. The first-order valence-corrected chi connectivity index (χ1v) is 3.80. The summed E-state index contributed by atoms with van der Waals surface area (Å²) >= 11 is 0. The molecular weight excluding hydrogens is 134 g/mol. The number of hydrogen-bond acceptors (Lipinski definition) is 1. The van der Waals surface area contributed by atoms with E-state index < -0.39 is 0 Å². The van der Waals surface area contributed by atoms with E-state index in [0.29, 0.717) is 5.70 Å². The van der Waals surface area contributed by atoms with Crippen LogP contribution < -0.4 is 5.73 Å². The van der Waals surface area contributed by atoms with Crippen molar-refractivity contribution in [1.82, 2.24) is 0 Å². The average Bonchev–Trinajstić information content (AvgIpc) is 2.10. The predicted octanol–water partition coefficient (Wildman–Crippen LogP) is 2.89. The van der Waals surface area contributed by atoms with Crippen LogP contribution in [0.4, 0.5) is 0 Å². The van der Waals surface area contributed by atoms with Gasteiger partial charge in [-0.05, 0) is 5.56 Å². The fourth-order valence-corrected chi connectivity index (χ4v) is 0.652. The monoisotopic (exact) mass is 151 g/mol. The van der Waals surface area contributed by atoms with Crippen molar-refractivity contribution in [3.8, 4) is 0 Å². The molecule has 0 radical (unpaired) electrons. The third-order valence-corrected chi connectivity index (χ3v) is 1.14. The van der Waals surface area contributed by atoms with E-state index in [9.17, 15) is 0 Å². The second-order valence-electron chi connectivity index (χ2n) is 1.89. The summed E-state index contributed by atoms with van der Waals surface area (Å²) in [6.45, 7) is 7.60. The van der Waals surface area contributed by atoms with Crippen LogP contribution >= 0.6 is 0 Å². The van der Waals surface area contributed by atoms with Crippen molar-refractivity contribution >= 4 is 5.70 Å². The van der Waals surface area contributed by atoms with Gasteiger partial charge < -0.3 is 5.73 Å². The van der Waals surface area contributed by atoms with Crippen LogP contribution in [-0.4, -0.2) is 0 Å². The lowest BCUT2D eigenvalue weighted by Crippen LogP contribution is -1.91. The van der Waals surface area contributed by atoms with E-state index in [2.05, 4.69) is 6.58 Å². The molecule has 0 unspecified atom stereocenters. The minimum Gasteiger partial charge on any atom is -0.399 e. The summed E-state index contributed by atoms with van der Waals surface area (Å²) in [7, 11) is 0. The SMILES string of the molecule is C=C(N)c1ccccc1.CC.[HH]. The number of hydrogen-bond donors (Lipinski definition) is 1. The molecule has 1 heteroatoms. The molecule has 0 aliphatic carbocycles. The molecule has 0 aliphatic rings. The highest BCUT2D eigenvalue weighted by Crippen LogP contribution is 2.03. The van der Waals surface area contributed by atoms with Gasteiger partial charge in [-0.3, -0.25) is 0 Å². The fourth-order valence-electron chi connectivity index (χ4n) is 0.652. The zero-order valence-electron chi connectivity index (χ0n) is 7.17. The lowest BCUT2D eigenvalue weighted by molar-refractivity contribution is 1.50. The van der Waals surface area contributed by atoms with E-state index in [0.717, 1.165) is 5.56 Å². The second-order valence-corrected chi connectivity index (χ2v) is 1.89. The lowest BCUT2D eigenvalue weighted by Gasteiger charge is -1.95. The van der Waals surface area contributed by atoms with Gasteiger partial charge in [-0.25, -0.2) is 0 Å². The van der Waals surface area contributed by atoms with Crippen molar-refractivity contribution in [3.63, 3.8) is 0 Å². The maximum Gasteiger partial charge on any atom is 0.0314 e. The van der Waals surface area contributed by atoms with Gasteiger partial charge >= 0.3 is 0 Å². The highest BCUT2D eigenvalue weighted by molar-refractivity contribution is 5.59. The lowest BCUT2D eigenvalue weighted by atomic mass is 10.2. The molecule has 1 aromatic carbocycles. The van der Waals surface area contributed by atoms with E-state index in [1.807, 2.05) is 44.2 Å². The van der Waals surface area contributed by atoms with Crippen LogP contribution in [0.5, 0.6) is 0 Å². The fraction of sp³-hybridized carbons (Fsp3) is 0.200. The molecular formula is C10H17N. The van der Waals surface area contributed by atoms with Gasteiger partial charge in [0.25, 0.3) is 0 Å². The van der Waals surface area contributed by atoms with E-state index in [1.54, 1.807) is 0 Å². The van der Waals surface area contributed by atoms with Gasteiger partial charge in [0.1, 0.15) is 0 Å². The Kier molecular flexibility index (Phi) is 4.91. The van der Waals surface area contributed by atoms with Crippen LogP contribution in [-0.2, 0) is 0 Å². The molecule has 2 N–H and O–H groups in total. The first kappa shape index (κ1) is 9.76. The molecule has 0 heterocycles. The van der Waals surface area contributed by atoms with E-state index in [1.165, 1.54) is 0 Å². The van der Waals surface area contributed by atoms with Crippen LogP contribution in [0, 0.1) is 0 Å². The van der Waals surface area contributed by atoms with E-state index in [4.69, 9.17) is 5.73 Å². The normalized spacial score (nSPS) is 7.82. The summed E-state index contributed by atoms with van der Waals surface area (Å²) in [5.74, 6) is 0. The molecule has 0 aliphatic heterocycles. The molecule has 0 atom stereocenters. The highest BCUT2D eigenvalue weighted by Gasteiger charge is 1.86. The quantitative estimate of drug-likeness (QED) is 0.656. The van der Waals surface area contributed by atoms with Crippen molar-refractivity contribution in [1.29, 1.82) is 0 Å². The molecule has 0 amide bonds. The zero-order chi connectivity index (χ0) is 8.69. The Balaban J connectivity index is 0. The van der Waals surface area contributed by atoms with Crippen molar-refractivity contribution in [2.24, 2.45) is 5.73 Å². The number of rotatable bonds is 1. The van der Waals surface area contributed by atoms with Crippen LogP contribution in [0.25, 0.3) is 5.70 Å². The Morgan fingerprint density at radius 3 is 2.00 bits per heavy atom. The third-order valence-electron chi connectivity index (χ3n) is 1.14.